The van der Waals surface area contributed by atoms with E-state index in [0.29, 0.717) is 0 Å². The lowest BCUT2D eigenvalue weighted by molar-refractivity contribution is 1.06. The predicted octanol–water partition coefficient (Wildman–Crippen LogP) is 4.74. The van der Waals surface area contributed by atoms with Gasteiger partial charge in [-0.3, -0.25) is 0 Å². The van der Waals surface area contributed by atoms with Crippen molar-refractivity contribution in [2.24, 2.45) is 11.8 Å². The van der Waals surface area contributed by atoms with Gasteiger partial charge in [-0.15, -0.1) is 0 Å². The zero-order valence-electron chi connectivity index (χ0n) is 13.8. The minimum absolute atomic E-state index is 0.779. The van der Waals surface area contributed by atoms with Crippen molar-refractivity contribution >= 4 is 22.9 Å². The molecular weight excluding hydrogens is 276 g/mol. The van der Waals surface area contributed by atoms with Crippen LogP contribution in [0.3, 0.4) is 0 Å². The smallest absolute Gasteiger partial charge is 0.00300 e. The molecule has 2 aliphatic rings. The number of rotatable bonds is 1. The fourth-order valence-electron chi connectivity index (χ4n) is 3.68. The maximum atomic E-state index is 2.51. The van der Waals surface area contributed by atoms with Crippen LogP contribution in [0.4, 0.5) is 0 Å². The lowest BCUT2D eigenvalue weighted by atomic mass is 9.92. The first-order valence-corrected chi connectivity index (χ1v) is 8.71. The van der Waals surface area contributed by atoms with Crippen LogP contribution >= 0.6 is 0 Å². The van der Waals surface area contributed by atoms with Gasteiger partial charge in [0, 0.05) is 0 Å². The molecule has 114 valence electrons. The fraction of sp³-hybridized carbons (Fsp3) is 0.217. The molecule has 0 spiro atoms. The monoisotopic (exact) mass is 298 g/mol. The van der Waals surface area contributed by atoms with Gasteiger partial charge in [-0.05, 0) is 56.7 Å². The van der Waals surface area contributed by atoms with Gasteiger partial charge in [-0.25, -0.2) is 0 Å². The molecule has 3 aromatic carbocycles. The lowest BCUT2D eigenvalue weighted by Crippen LogP contribution is -2.29. The highest BCUT2D eigenvalue weighted by Crippen LogP contribution is 2.42. The molecule has 23 heavy (non-hydrogen) atoms. The lowest BCUT2D eigenvalue weighted by Gasteiger charge is -2.12. The average molecular weight is 298 g/mol. The van der Waals surface area contributed by atoms with Crippen molar-refractivity contribution in [1.82, 2.24) is 0 Å². The van der Waals surface area contributed by atoms with Crippen LogP contribution in [0.2, 0.25) is 0 Å². The maximum absolute atomic E-state index is 2.51. The van der Waals surface area contributed by atoms with Gasteiger partial charge in [0.1, 0.15) is 0 Å². The quantitative estimate of drug-likeness (QED) is 0.608. The first-order chi connectivity index (χ1) is 11.4. The van der Waals surface area contributed by atoms with Gasteiger partial charge in [0.05, 0.1) is 0 Å². The highest BCUT2D eigenvalue weighted by atomic mass is 14.4. The Kier molecular flexibility index (Phi) is 3.53. The van der Waals surface area contributed by atoms with Crippen LogP contribution in [0.25, 0.3) is 34.1 Å². The molecule has 5 rings (SSSR count). The van der Waals surface area contributed by atoms with E-state index in [1.807, 2.05) is 13.8 Å². The van der Waals surface area contributed by atoms with Crippen molar-refractivity contribution in [2.45, 2.75) is 20.3 Å². The summed E-state index contributed by atoms with van der Waals surface area (Å²) in [5.41, 5.74) is 2.74. The van der Waals surface area contributed by atoms with Gasteiger partial charge in [-0.1, -0.05) is 80.6 Å². The summed E-state index contributed by atoms with van der Waals surface area (Å²) < 4.78 is 0. The van der Waals surface area contributed by atoms with Crippen LogP contribution in [0.1, 0.15) is 20.3 Å². The second-order valence-electron chi connectivity index (χ2n) is 6.24. The summed E-state index contributed by atoms with van der Waals surface area (Å²) in [6.07, 6.45) is 6.33. The first kappa shape index (κ1) is 14.3. The molecule has 0 aromatic heterocycles. The maximum Gasteiger partial charge on any atom is -0.00300 e. The normalized spacial score (nSPS) is 20.3. The summed E-state index contributed by atoms with van der Waals surface area (Å²) in [7, 11) is 0. The fourth-order valence-corrected chi connectivity index (χ4v) is 3.68. The largest absolute Gasteiger partial charge is 0.0729 e. The molecule has 0 heteroatoms. The molecule has 0 heterocycles. The Morgan fingerprint density at radius 3 is 2.30 bits per heavy atom. The summed E-state index contributed by atoms with van der Waals surface area (Å²) in [5.74, 6) is 1.57. The van der Waals surface area contributed by atoms with Crippen molar-refractivity contribution < 1.29 is 0 Å². The summed E-state index contributed by atoms with van der Waals surface area (Å²) in [4.78, 5) is 0. The Morgan fingerprint density at radius 2 is 1.48 bits per heavy atom. The Bertz CT molecular complexity index is 964. The van der Waals surface area contributed by atoms with Crippen LogP contribution in [0.15, 0.2) is 60.7 Å². The van der Waals surface area contributed by atoms with Crippen molar-refractivity contribution in [2.75, 3.05) is 0 Å². The predicted molar refractivity (Wildman–Crippen MR) is 101 cm³/mol. The van der Waals surface area contributed by atoms with E-state index in [1.165, 1.54) is 38.8 Å². The van der Waals surface area contributed by atoms with E-state index in [0.717, 1.165) is 11.8 Å². The minimum Gasteiger partial charge on any atom is -0.0729 e. The summed E-state index contributed by atoms with van der Waals surface area (Å²) in [6.45, 7) is 4.00. The van der Waals surface area contributed by atoms with E-state index >= 15 is 0 Å². The van der Waals surface area contributed by atoms with Crippen LogP contribution in [-0.2, 0) is 0 Å². The summed E-state index contributed by atoms with van der Waals surface area (Å²) in [5, 5.41) is 5.58. The van der Waals surface area contributed by atoms with Gasteiger partial charge < -0.3 is 0 Å². The second kappa shape index (κ2) is 5.70. The topological polar surface area (TPSA) is 0 Å². The van der Waals surface area contributed by atoms with Gasteiger partial charge >= 0.3 is 0 Å². The molecule has 2 aliphatic carbocycles. The van der Waals surface area contributed by atoms with E-state index < -0.39 is 0 Å². The Morgan fingerprint density at radius 1 is 0.783 bits per heavy atom. The molecule has 2 unspecified atom stereocenters. The van der Waals surface area contributed by atoms with Gasteiger partial charge in [0.15, 0.2) is 0 Å². The SMILES string of the molecule is C1=c2cc3ccccc3c(-c3ccccc3)c2=CC2CC12.CC. The highest BCUT2D eigenvalue weighted by Gasteiger charge is 2.34. The van der Waals surface area contributed by atoms with Crippen molar-refractivity contribution in [3.05, 3.63) is 71.1 Å². The minimum atomic E-state index is 0.779. The molecule has 2 atom stereocenters. The molecule has 3 aromatic rings. The molecule has 1 fully saturated rings. The molecular formula is C23H22. The summed E-state index contributed by atoms with van der Waals surface area (Å²) >= 11 is 0. The number of fused-ring (bicyclic) bond motifs is 3. The number of hydrogen-bond donors (Lipinski definition) is 0. The molecule has 0 saturated heterocycles. The van der Waals surface area contributed by atoms with Crippen LogP contribution < -0.4 is 10.4 Å². The van der Waals surface area contributed by atoms with Gasteiger partial charge in [-0.2, -0.15) is 0 Å². The molecule has 1 saturated carbocycles. The van der Waals surface area contributed by atoms with Crippen molar-refractivity contribution in [1.29, 1.82) is 0 Å². The standard InChI is InChI=1S/C21H16.C2H6/c1-2-6-14(7-3-1)21-19-9-5-4-8-15(19)10-18-12-16-11-17(16)13-20(18)21;1-2/h1-10,12-13,16-17H,11H2;1-2H3. The number of hydrogen-bond acceptors (Lipinski definition) is 0. The van der Waals surface area contributed by atoms with E-state index in [-0.39, 0.29) is 0 Å². The zero-order chi connectivity index (χ0) is 15.8. The Hall–Kier alpha value is -2.34. The van der Waals surface area contributed by atoms with Crippen molar-refractivity contribution in [3.8, 4) is 11.1 Å². The highest BCUT2D eigenvalue weighted by molar-refractivity contribution is 5.97. The molecule has 0 aliphatic heterocycles. The van der Waals surface area contributed by atoms with Gasteiger partial charge in [0.25, 0.3) is 0 Å². The average Bonchev–Trinajstić information content (AvgIpc) is 3.38. The van der Waals surface area contributed by atoms with E-state index in [2.05, 4.69) is 72.8 Å². The Labute approximate surface area is 137 Å². The molecule has 0 radical (unpaired) electrons. The van der Waals surface area contributed by atoms with Crippen LogP contribution in [-0.4, -0.2) is 0 Å². The molecule has 0 bridgehead atoms. The van der Waals surface area contributed by atoms with Crippen LogP contribution in [0, 0.1) is 11.8 Å². The molecule has 0 N–H and O–H groups in total. The van der Waals surface area contributed by atoms with Crippen molar-refractivity contribution in [3.63, 3.8) is 0 Å². The van der Waals surface area contributed by atoms with E-state index in [1.54, 1.807) is 0 Å². The third-order valence-electron chi connectivity index (χ3n) is 4.85. The zero-order valence-corrected chi connectivity index (χ0v) is 13.8. The Balaban J connectivity index is 0.000000652. The third kappa shape index (κ3) is 2.39. The van der Waals surface area contributed by atoms with Crippen LogP contribution in [0.5, 0.6) is 0 Å². The molecule has 0 nitrogen and oxygen atoms in total. The van der Waals surface area contributed by atoms with E-state index in [4.69, 9.17) is 0 Å². The second-order valence-corrected chi connectivity index (χ2v) is 6.24. The van der Waals surface area contributed by atoms with E-state index in [9.17, 15) is 0 Å². The molecule has 0 amide bonds. The third-order valence-corrected chi connectivity index (χ3v) is 4.85. The van der Waals surface area contributed by atoms with Gasteiger partial charge in [0.2, 0.25) is 0 Å². The number of benzene rings is 3. The summed E-state index contributed by atoms with van der Waals surface area (Å²) in [6, 6.07) is 22.0. The first-order valence-electron chi connectivity index (χ1n) is 8.71.